The lowest BCUT2D eigenvalue weighted by molar-refractivity contribution is 0.0690. The molecule has 0 saturated carbocycles. The minimum atomic E-state index is -1.19. The quantitative estimate of drug-likeness (QED) is 0.761. The van der Waals surface area contributed by atoms with Crippen LogP contribution in [0.5, 0.6) is 5.75 Å². The van der Waals surface area contributed by atoms with E-state index in [1.807, 2.05) is 0 Å². The molecule has 19 heavy (non-hydrogen) atoms. The Morgan fingerprint density at radius 3 is 2.68 bits per heavy atom. The summed E-state index contributed by atoms with van der Waals surface area (Å²) in [6.07, 6.45) is 2.49. The Morgan fingerprint density at radius 2 is 2.00 bits per heavy atom. The summed E-state index contributed by atoms with van der Waals surface area (Å²) in [7, 11) is 0. The third-order valence-corrected chi connectivity index (χ3v) is 2.25. The Kier molecular flexibility index (Phi) is 3.37. The van der Waals surface area contributed by atoms with E-state index in [0.29, 0.717) is 0 Å². The number of carbonyl (C=O) groups is 2. The highest BCUT2D eigenvalue weighted by molar-refractivity contribution is 6.05. The summed E-state index contributed by atoms with van der Waals surface area (Å²) >= 11 is 0. The molecule has 0 spiro atoms. The highest BCUT2D eigenvalue weighted by Crippen LogP contribution is 2.15. The largest absolute Gasteiger partial charge is 0.505 e. The van der Waals surface area contributed by atoms with E-state index in [0.717, 1.165) is 6.20 Å². The van der Waals surface area contributed by atoms with Crippen LogP contribution in [0.3, 0.4) is 0 Å². The molecule has 1 amide bonds. The molecule has 0 radical (unpaired) electrons. The number of carboxylic acid groups (broad SMARTS) is 1. The maximum Gasteiger partial charge on any atom is 0.354 e. The molecule has 0 fully saturated rings. The molecule has 0 aromatic carbocycles. The summed E-state index contributed by atoms with van der Waals surface area (Å²) in [5.74, 6) is -1.98. The van der Waals surface area contributed by atoms with Gasteiger partial charge in [-0.1, -0.05) is 6.07 Å². The van der Waals surface area contributed by atoms with Gasteiger partial charge in [0, 0.05) is 6.20 Å². The van der Waals surface area contributed by atoms with Crippen LogP contribution in [0, 0.1) is 0 Å². The normalized spacial score (nSPS) is 9.89. The lowest BCUT2D eigenvalue weighted by Gasteiger charge is -2.06. The van der Waals surface area contributed by atoms with E-state index in [9.17, 15) is 14.7 Å². The second-order valence-corrected chi connectivity index (χ2v) is 3.56. The highest BCUT2D eigenvalue weighted by Gasteiger charge is 2.12. The number of hydrogen-bond donors (Lipinski definition) is 3. The Morgan fingerprint density at radius 1 is 1.21 bits per heavy atom. The van der Waals surface area contributed by atoms with Crippen molar-refractivity contribution in [3.05, 3.63) is 47.9 Å². The number of aromatic nitrogens is 2. The number of hydrogen-bond acceptors (Lipinski definition) is 5. The molecule has 3 N–H and O–H groups in total. The van der Waals surface area contributed by atoms with Crippen LogP contribution in [-0.4, -0.2) is 32.1 Å². The second-order valence-electron chi connectivity index (χ2n) is 3.56. The molecule has 96 valence electrons. The Bertz CT molecular complexity index is 642. The van der Waals surface area contributed by atoms with Gasteiger partial charge in [0.05, 0.1) is 11.8 Å². The third-order valence-electron chi connectivity index (χ3n) is 2.25. The van der Waals surface area contributed by atoms with E-state index in [1.165, 1.54) is 30.5 Å². The minimum Gasteiger partial charge on any atom is -0.505 e. The van der Waals surface area contributed by atoms with Crippen LogP contribution in [0.2, 0.25) is 0 Å². The predicted molar refractivity (Wildman–Crippen MR) is 65.1 cm³/mol. The lowest BCUT2D eigenvalue weighted by Crippen LogP contribution is -2.14. The molecular formula is C12H9N3O4. The standard InChI is InChI=1S/C12H9N3O4/c16-9-6-13-5-4-7(9)11(17)15-10-3-1-2-8(14-10)12(18)19/h1-6,16H,(H,18,19)(H,14,15,17). The molecule has 0 atom stereocenters. The first kappa shape index (κ1) is 12.5. The number of rotatable bonds is 3. The first-order chi connectivity index (χ1) is 9.08. The summed E-state index contributed by atoms with van der Waals surface area (Å²) in [4.78, 5) is 30.0. The number of nitrogens with zero attached hydrogens (tertiary/aromatic N) is 2. The number of amides is 1. The fraction of sp³-hybridized carbons (Fsp3) is 0. The van der Waals surface area contributed by atoms with Crippen LogP contribution in [0.1, 0.15) is 20.8 Å². The molecule has 0 aliphatic carbocycles. The Hall–Kier alpha value is -2.96. The average molecular weight is 259 g/mol. The van der Waals surface area contributed by atoms with E-state index in [-0.39, 0.29) is 22.8 Å². The monoisotopic (exact) mass is 259 g/mol. The van der Waals surface area contributed by atoms with Crippen LogP contribution in [-0.2, 0) is 0 Å². The van der Waals surface area contributed by atoms with Crippen molar-refractivity contribution in [1.82, 2.24) is 9.97 Å². The van der Waals surface area contributed by atoms with E-state index >= 15 is 0 Å². The zero-order chi connectivity index (χ0) is 13.8. The smallest absolute Gasteiger partial charge is 0.354 e. The fourth-order valence-corrected chi connectivity index (χ4v) is 1.39. The maximum absolute atomic E-state index is 11.8. The van der Waals surface area contributed by atoms with Crippen LogP contribution in [0.4, 0.5) is 5.82 Å². The summed E-state index contributed by atoms with van der Waals surface area (Å²) in [5.41, 5.74) is -0.158. The Balaban J connectivity index is 2.22. The summed E-state index contributed by atoms with van der Waals surface area (Å²) in [6, 6.07) is 5.55. The van der Waals surface area contributed by atoms with Crippen molar-refractivity contribution in [2.24, 2.45) is 0 Å². The molecule has 0 bridgehead atoms. The molecule has 2 aromatic rings. The molecule has 2 aromatic heterocycles. The molecule has 7 heteroatoms. The topological polar surface area (TPSA) is 112 Å². The van der Waals surface area contributed by atoms with Gasteiger partial charge in [0.25, 0.3) is 5.91 Å². The number of anilines is 1. The molecule has 2 rings (SSSR count). The van der Waals surface area contributed by atoms with Gasteiger partial charge in [-0.25, -0.2) is 9.78 Å². The van der Waals surface area contributed by atoms with Crippen LogP contribution >= 0.6 is 0 Å². The van der Waals surface area contributed by atoms with Crippen LogP contribution in [0.25, 0.3) is 0 Å². The summed E-state index contributed by atoms with van der Waals surface area (Å²) < 4.78 is 0. The lowest BCUT2D eigenvalue weighted by atomic mass is 10.2. The number of pyridine rings is 2. The number of aromatic carboxylic acids is 1. The van der Waals surface area contributed by atoms with Crippen molar-refractivity contribution in [3.8, 4) is 5.75 Å². The van der Waals surface area contributed by atoms with Crippen molar-refractivity contribution in [1.29, 1.82) is 0 Å². The van der Waals surface area contributed by atoms with Crippen molar-refractivity contribution in [3.63, 3.8) is 0 Å². The molecule has 0 unspecified atom stereocenters. The fourth-order valence-electron chi connectivity index (χ4n) is 1.39. The van der Waals surface area contributed by atoms with Gasteiger partial charge in [0.1, 0.15) is 11.6 Å². The van der Waals surface area contributed by atoms with Gasteiger partial charge in [-0.2, -0.15) is 0 Å². The van der Waals surface area contributed by atoms with E-state index < -0.39 is 11.9 Å². The molecule has 0 aliphatic heterocycles. The third kappa shape index (κ3) is 2.83. The Labute approximate surface area is 107 Å². The SMILES string of the molecule is O=C(O)c1cccc(NC(=O)c2ccncc2O)n1. The van der Waals surface area contributed by atoms with Crippen molar-refractivity contribution in [2.75, 3.05) is 5.32 Å². The van der Waals surface area contributed by atoms with Crippen LogP contribution < -0.4 is 5.32 Å². The maximum atomic E-state index is 11.8. The average Bonchev–Trinajstić information content (AvgIpc) is 2.39. The van der Waals surface area contributed by atoms with Gasteiger partial charge < -0.3 is 15.5 Å². The van der Waals surface area contributed by atoms with Gasteiger partial charge in [-0.15, -0.1) is 0 Å². The zero-order valence-corrected chi connectivity index (χ0v) is 9.57. The highest BCUT2D eigenvalue weighted by atomic mass is 16.4. The molecule has 0 aliphatic rings. The van der Waals surface area contributed by atoms with E-state index in [2.05, 4.69) is 15.3 Å². The van der Waals surface area contributed by atoms with Gasteiger partial charge in [-0.3, -0.25) is 9.78 Å². The van der Waals surface area contributed by atoms with E-state index in [4.69, 9.17) is 5.11 Å². The van der Waals surface area contributed by atoms with Gasteiger partial charge in [0.15, 0.2) is 5.69 Å². The zero-order valence-electron chi connectivity index (χ0n) is 9.57. The number of carbonyl (C=O) groups excluding carboxylic acids is 1. The number of nitrogens with one attached hydrogen (secondary N) is 1. The van der Waals surface area contributed by atoms with E-state index in [1.54, 1.807) is 0 Å². The molecular weight excluding hydrogens is 250 g/mol. The predicted octanol–water partition coefficient (Wildman–Crippen LogP) is 1.13. The molecule has 2 heterocycles. The first-order valence-electron chi connectivity index (χ1n) is 5.22. The van der Waals surface area contributed by atoms with Crippen molar-refractivity contribution in [2.45, 2.75) is 0 Å². The first-order valence-corrected chi connectivity index (χ1v) is 5.22. The van der Waals surface area contributed by atoms with Gasteiger partial charge in [-0.05, 0) is 18.2 Å². The second kappa shape index (κ2) is 5.13. The number of aromatic hydroxyl groups is 1. The molecule has 0 saturated heterocycles. The molecule has 7 nitrogen and oxygen atoms in total. The van der Waals surface area contributed by atoms with Crippen molar-refractivity contribution >= 4 is 17.7 Å². The van der Waals surface area contributed by atoms with Gasteiger partial charge in [0.2, 0.25) is 0 Å². The summed E-state index contributed by atoms with van der Waals surface area (Å²) in [6.45, 7) is 0. The number of carboxylic acids is 1. The minimum absolute atomic E-state index is 0.0255. The summed E-state index contributed by atoms with van der Waals surface area (Å²) in [5, 5.41) is 20.6. The van der Waals surface area contributed by atoms with Crippen LogP contribution in [0.15, 0.2) is 36.7 Å². The van der Waals surface area contributed by atoms with Gasteiger partial charge >= 0.3 is 5.97 Å². The van der Waals surface area contributed by atoms with Crippen molar-refractivity contribution < 1.29 is 19.8 Å².